The third-order valence-corrected chi connectivity index (χ3v) is 20.1. The van der Waals surface area contributed by atoms with E-state index in [4.69, 9.17) is 18.9 Å². The van der Waals surface area contributed by atoms with Gasteiger partial charge in [0.25, 0.3) is 0 Å². The normalized spacial score (nSPS) is 22.5. The van der Waals surface area contributed by atoms with Crippen molar-refractivity contribution in [3.8, 4) is 0 Å². The van der Waals surface area contributed by atoms with Crippen LogP contribution in [0.3, 0.4) is 0 Å². The molecule has 14 heteroatoms. The summed E-state index contributed by atoms with van der Waals surface area (Å²) in [5, 5.41) is 87.7. The number of unbranched alkanes of at least 4 members (excludes halogenated alkanes) is 52. The van der Waals surface area contributed by atoms with Crippen LogP contribution in [0.25, 0.3) is 0 Å². The summed E-state index contributed by atoms with van der Waals surface area (Å²) in [6, 6.07) is -0.915. The molecule has 2 rings (SSSR count). The second-order valence-corrected chi connectivity index (χ2v) is 28.9. The number of aliphatic hydroxyl groups excluding tert-OH is 8. The van der Waals surface area contributed by atoms with Gasteiger partial charge in [0.2, 0.25) is 5.91 Å². The molecule has 2 aliphatic rings. The second-order valence-electron chi connectivity index (χ2n) is 28.9. The highest BCUT2D eigenvalue weighted by Gasteiger charge is 2.51. The van der Waals surface area contributed by atoms with Gasteiger partial charge in [0.15, 0.2) is 12.6 Å². The van der Waals surface area contributed by atoms with Gasteiger partial charge in [-0.15, -0.1) is 0 Å². The zero-order valence-corrected chi connectivity index (χ0v) is 61.4. The topological polar surface area (TPSA) is 228 Å². The van der Waals surface area contributed by atoms with Crippen LogP contribution in [0.1, 0.15) is 380 Å². The van der Waals surface area contributed by atoms with Gasteiger partial charge >= 0.3 is 0 Å². The van der Waals surface area contributed by atoms with E-state index in [2.05, 4.69) is 43.5 Å². The van der Waals surface area contributed by atoms with Gasteiger partial charge in [0.05, 0.1) is 32.0 Å². The van der Waals surface area contributed by atoms with Crippen LogP contribution in [0.15, 0.2) is 36.5 Å². The monoisotopic (exact) mass is 1350 g/mol. The zero-order chi connectivity index (χ0) is 68.7. The van der Waals surface area contributed by atoms with Crippen LogP contribution < -0.4 is 5.32 Å². The highest BCUT2D eigenvalue weighted by Crippen LogP contribution is 2.30. The van der Waals surface area contributed by atoms with Gasteiger partial charge in [-0.1, -0.05) is 359 Å². The number of hydrogen-bond acceptors (Lipinski definition) is 13. The fourth-order valence-electron chi connectivity index (χ4n) is 13.6. The first-order chi connectivity index (χ1) is 46.6. The number of carbonyl (C=O) groups is 1. The molecule has 0 radical (unpaired) electrons. The Balaban J connectivity index is 1.61. The molecule has 560 valence electrons. The summed E-state index contributed by atoms with van der Waals surface area (Å²) in [7, 11) is 0. The third kappa shape index (κ3) is 48.6. The van der Waals surface area contributed by atoms with Crippen molar-refractivity contribution in [2.45, 2.75) is 453 Å². The molecular weight excluding hydrogens is 1190 g/mol. The summed E-state index contributed by atoms with van der Waals surface area (Å²) in [6.45, 7) is 2.86. The van der Waals surface area contributed by atoms with Crippen LogP contribution in [-0.4, -0.2) is 140 Å². The maximum absolute atomic E-state index is 13.4. The van der Waals surface area contributed by atoms with Crippen molar-refractivity contribution >= 4 is 5.91 Å². The minimum Gasteiger partial charge on any atom is -0.394 e. The Kier molecular flexibility index (Phi) is 61.6. The van der Waals surface area contributed by atoms with Crippen molar-refractivity contribution in [2.24, 2.45) is 0 Å². The predicted molar refractivity (Wildman–Crippen MR) is 392 cm³/mol. The summed E-state index contributed by atoms with van der Waals surface area (Å²) in [4.78, 5) is 13.4. The minimum absolute atomic E-state index is 0.231. The lowest BCUT2D eigenvalue weighted by molar-refractivity contribution is -0.359. The third-order valence-electron chi connectivity index (χ3n) is 20.1. The summed E-state index contributed by atoms with van der Waals surface area (Å²) in [6.07, 6.45) is 69.4. The van der Waals surface area contributed by atoms with Crippen LogP contribution in [0.2, 0.25) is 0 Å². The van der Waals surface area contributed by atoms with E-state index < -0.39 is 86.8 Å². The van der Waals surface area contributed by atoms with Crippen molar-refractivity contribution in [2.75, 3.05) is 19.8 Å². The Hall–Kier alpha value is -1.79. The first-order valence-electron chi connectivity index (χ1n) is 40.7. The minimum atomic E-state index is -1.79. The van der Waals surface area contributed by atoms with E-state index in [0.29, 0.717) is 6.42 Å². The van der Waals surface area contributed by atoms with E-state index in [1.165, 1.54) is 308 Å². The van der Waals surface area contributed by atoms with Crippen LogP contribution in [-0.2, 0) is 23.7 Å². The number of amides is 1. The molecule has 0 aliphatic carbocycles. The Labute approximate surface area is 582 Å². The molecule has 0 aromatic carbocycles. The van der Waals surface area contributed by atoms with E-state index in [1.54, 1.807) is 6.08 Å². The van der Waals surface area contributed by atoms with E-state index in [9.17, 15) is 45.6 Å². The fraction of sp³-hybridized carbons (Fsp3) is 0.914. The molecule has 1 amide bonds. The molecule has 0 saturated carbocycles. The van der Waals surface area contributed by atoms with E-state index in [1.807, 2.05) is 6.08 Å². The van der Waals surface area contributed by atoms with E-state index in [0.717, 1.165) is 44.9 Å². The highest BCUT2D eigenvalue weighted by atomic mass is 16.7. The summed E-state index contributed by atoms with van der Waals surface area (Å²) in [5.74, 6) is -0.231. The SMILES string of the molecule is CCCCCCC/C=C\C/C=C\CCCCCCCCCCCCCCCCCCCCCCCC(=O)NC(COC1OC(CO)C(OC2OC(CO)C(O)C(O)C2O)C(O)C1O)C(O)/C=C/CCCCCCCCCCCCCCCCCCCCCCCCCCCC. The van der Waals surface area contributed by atoms with Crippen molar-refractivity contribution in [1.29, 1.82) is 0 Å². The molecule has 0 aromatic rings. The van der Waals surface area contributed by atoms with Crippen molar-refractivity contribution in [1.82, 2.24) is 5.32 Å². The largest absolute Gasteiger partial charge is 0.394 e. The summed E-state index contributed by atoms with van der Waals surface area (Å²) in [5.41, 5.74) is 0. The fourth-order valence-corrected chi connectivity index (χ4v) is 13.6. The molecule has 0 aromatic heterocycles. The quantitative estimate of drug-likeness (QED) is 0.0204. The Bertz CT molecular complexity index is 1730. The molecule has 0 bridgehead atoms. The zero-order valence-electron chi connectivity index (χ0n) is 61.4. The lowest BCUT2D eigenvalue weighted by atomic mass is 9.97. The Morgan fingerprint density at radius 3 is 1.05 bits per heavy atom. The average molecular weight is 1350 g/mol. The number of nitrogens with one attached hydrogen (secondary N) is 1. The molecule has 12 unspecified atom stereocenters. The van der Waals surface area contributed by atoms with Gasteiger partial charge in [-0.3, -0.25) is 4.79 Å². The predicted octanol–water partition coefficient (Wildman–Crippen LogP) is 18.4. The molecule has 12 atom stereocenters. The van der Waals surface area contributed by atoms with Crippen molar-refractivity contribution in [3.05, 3.63) is 36.5 Å². The highest BCUT2D eigenvalue weighted by molar-refractivity contribution is 5.76. The summed E-state index contributed by atoms with van der Waals surface area (Å²) < 4.78 is 22.9. The Morgan fingerprint density at radius 1 is 0.379 bits per heavy atom. The molecule has 95 heavy (non-hydrogen) atoms. The molecule has 2 saturated heterocycles. The molecule has 14 nitrogen and oxygen atoms in total. The lowest BCUT2D eigenvalue weighted by Crippen LogP contribution is -2.65. The number of rotatable bonds is 69. The molecule has 2 fully saturated rings. The van der Waals surface area contributed by atoms with Crippen LogP contribution >= 0.6 is 0 Å². The molecule has 2 aliphatic heterocycles. The Morgan fingerprint density at radius 2 is 0.695 bits per heavy atom. The smallest absolute Gasteiger partial charge is 0.220 e. The van der Waals surface area contributed by atoms with Gasteiger partial charge < -0.3 is 65.1 Å². The van der Waals surface area contributed by atoms with Gasteiger partial charge in [-0.05, 0) is 51.4 Å². The lowest BCUT2D eigenvalue weighted by Gasteiger charge is -2.46. The number of carbonyl (C=O) groups excluding carboxylic acids is 1. The van der Waals surface area contributed by atoms with Crippen LogP contribution in [0.4, 0.5) is 0 Å². The number of allylic oxidation sites excluding steroid dienone is 5. The maximum Gasteiger partial charge on any atom is 0.220 e. The van der Waals surface area contributed by atoms with Crippen LogP contribution in [0, 0.1) is 0 Å². The van der Waals surface area contributed by atoms with Gasteiger partial charge in [-0.25, -0.2) is 0 Å². The maximum atomic E-state index is 13.4. The van der Waals surface area contributed by atoms with Crippen molar-refractivity contribution in [3.63, 3.8) is 0 Å². The molecule has 0 spiro atoms. The number of hydrogen-bond donors (Lipinski definition) is 9. The average Bonchev–Trinajstić information content (AvgIpc) is 0.801. The number of aliphatic hydroxyl groups is 8. The number of ether oxygens (including phenoxy) is 4. The van der Waals surface area contributed by atoms with E-state index in [-0.39, 0.29) is 18.9 Å². The first-order valence-corrected chi connectivity index (χ1v) is 40.7. The molecular formula is C81H153NO13. The summed E-state index contributed by atoms with van der Waals surface area (Å²) >= 11 is 0. The first kappa shape index (κ1) is 89.3. The standard InChI is InChI=1S/C81H153NO13/c1-3-5-7-9-11-13-15-17-19-21-23-25-27-29-31-33-34-35-36-37-39-41-43-45-47-49-51-53-55-57-59-61-63-65-73(86)82-69(68-92-80-78(91)76(89)79(72(67-84)94-80)95-81-77(90)75(88)74(87)71(66-83)93-81)70(85)64-62-60-58-56-54-52-50-48-46-44-42-40-38-32-30-28-26-24-22-20-18-16-14-12-10-8-6-4-2/h15,17,21,23,62,64,69-72,74-81,83-85,87-91H,3-14,16,18-20,22,24-61,63,65-68H2,1-2H3,(H,82,86)/b17-15-,23-21-,64-62+. The second kappa shape index (κ2) is 65.5. The van der Waals surface area contributed by atoms with Gasteiger partial charge in [0, 0.05) is 6.42 Å². The van der Waals surface area contributed by atoms with Gasteiger partial charge in [0.1, 0.15) is 48.8 Å². The van der Waals surface area contributed by atoms with Crippen LogP contribution in [0.5, 0.6) is 0 Å². The van der Waals surface area contributed by atoms with Crippen molar-refractivity contribution < 1.29 is 64.6 Å². The molecule has 2 heterocycles. The van der Waals surface area contributed by atoms with Gasteiger partial charge in [-0.2, -0.15) is 0 Å². The van der Waals surface area contributed by atoms with E-state index >= 15 is 0 Å². The molecule has 9 N–H and O–H groups in total.